The van der Waals surface area contributed by atoms with Gasteiger partial charge in [-0.05, 0) is 38.1 Å². The first-order chi connectivity index (χ1) is 8.49. The summed E-state index contributed by atoms with van der Waals surface area (Å²) >= 11 is 0. The predicted octanol–water partition coefficient (Wildman–Crippen LogP) is 1.87. The van der Waals surface area contributed by atoms with Crippen molar-refractivity contribution in [3.63, 3.8) is 0 Å². The number of sulfonamides is 1. The van der Waals surface area contributed by atoms with Gasteiger partial charge in [0.05, 0.1) is 4.90 Å². The zero-order chi connectivity index (χ0) is 13.6. The number of benzene rings is 1. The molecule has 0 saturated carbocycles. The van der Waals surface area contributed by atoms with E-state index in [1.54, 1.807) is 18.2 Å². The smallest absolute Gasteiger partial charge is 0.240 e. The highest BCUT2D eigenvalue weighted by atomic mass is 32.2. The number of rotatable bonds is 7. The van der Waals surface area contributed by atoms with Gasteiger partial charge in [-0.2, -0.15) is 0 Å². The van der Waals surface area contributed by atoms with E-state index in [0.29, 0.717) is 11.4 Å². The number of hydrogen-bond acceptors (Lipinski definition) is 3. The summed E-state index contributed by atoms with van der Waals surface area (Å²) in [4.78, 5) is 0.332. The molecule has 0 bridgehead atoms. The Bertz CT molecular complexity index is 472. The van der Waals surface area contributed by atoms with Gasteiger partial charge in [-0.1, -0.05) is 25.5 Å². The Labute approximate surface area is 110 Å². The molecule has 1 atom stereocenters. The van der Waals surface area contributed by atoms with Crippen LogP contribution in [0.5, 0.6) is 0 Å². The van der Waals surface area contributed by atoms with Crippen LogP contribution in [0.3, 0.4) is 0 Å². The predicted molar refractivity (Wildman–Crippen MR) is 73.9 cm³/mol. The van der Waals surface area contributed by atoms with Gasteiger partial charge in [0.2, 0.25) is 10.0 Å². The van der Waals surface area contributed by atoms with Crippen LogP contribution >= 0.6 is 0 Å². The monoisotopic (exact) mass is 270 g/mol. The van der Waals surface area contributed by atoms with E-state index in [2.05, 4.69) is 10.0 Å². The van der Waals surface area contributed by atoms with E-state index in [1.165, 1.54) is 0 Å². The topological polar surface area (TPSA) is 58.2 Å². The quantitative estimate of drug-likeness (QED) is 0.795. The van der Waals surface area contributed by atoms with Crippen molar-refractivity contribution in [3.05, 3.63) is 29.8 Å². The molecule has 0 aliphatic rings. The second kappa shape index (κ2) is 6.87. The summed E-state index contributed by atoms with van der Waals surface area (Å²) < 4.78 is 27.0. The third-order valence-electron chi connectivity index (χ3n) is 2.67. The normalized spacial score (nSPS) is 13.5. The summed E-state index contributed by atoms with van der Waals surface area (Å²) in [5.74, 6) is 0. The number of hydrogen-bond donors (Lipinski definition) is 2. The van der Waals surface area contributed by atoms with E-state index in [4.69, 9.17) is 0 Å². The third kappa shape index (κ3) is 4.40. The zero-order valence-corrected chi connectivity index (χ0v) is 12.0. The fraction of sp³-hybridized carbons (Fsp3) is 0.538. The lowest BCUT2D eigenvalue weighted by molar-refractivity contribution is 0.544. The minimum absolute atomic E-state index is 0.0343. The fourth-order valence-electron chi connectivity index (χ4n) is 1.85. The van der Waals surface area contributed by atoms with Crippen molar-refractivity contribution in [3.8, 4) is 0 Å². The minimum Gasteiger partial charge on any atom is -0.316 e. The largest absolute Gasteiger partial charge is 0.316 e. The second-order valence-electron chi connectivity index (χ2n) is 4.49. The van der Waals surface area contributed by atoms with Crippen LogP contribution in [0.15, 0.2) is 29.2 Å². The van der Waals surface area contributed by atoms with Crippen LogP contribution in [-0.2, 0) is 16.6 Å². The molecule has 0 aromatic heterocycles. The molecule has 0 aliphatic heterocycles. The van der Waals surface area contributed by atoms with Crippen molar-refractivity contribution in [2.24, 2.45) is 0 Å². The third-order valence-corrected chi connectivity index (χ3v) is 4.25. The molecule has 0 spiro atoms. The van der Waals surface area contributed by atoms with Gasteiger partial charge in [0.25, 0.3) is 0 Å². The summed E-state index contributed by atoms with van der Waals surface area (Å²) in [5, 5.41) is 3.01. The van der Waals surface area contributed by atoms with Gasteiger partial charge in [-0.3, -0.25) is 0 Å². The zero-order valence-electron chi connectivity index (χ0n) is 11.2. The molecule has 2 N–H and O–H groups in total. The average Bonchev–Trinajstić information content (AvgIpc) is 2.29. The minimum atomic E-state index is -3.40. The van der Waals surface area contributed by atoms with Crippen molar-refractivity contribution in [2.75, 3.05) is 7.05 Å². The summed E-state index contributed by atoms with van der Waals surface area (Å²) in [6.07, 6.45) is 1.80. The molecule has 0 fully saturated rings. The van der Waals surface area contributed by atoms with Gasteiger partial charge in [0.15, 0.2) is 0 Å². The molecule has 0 heterocycles. The molecule has 0 amide bonds. The molecular weight excluding hydrogens is 248 g/mol. The van der Waals surface area contributed by atoms with Crippen molar-refractivity contribution in [2.45, 2.75) is 44.2 Å². The lowest BCUT2D eigenvalue weighted by Crippen LogP contribution is -2.32. The molecule has 4 nitrogen and oxygen atoms in total. The summed E-state index contributed by atoms with van der Waals surface area (Å²) in [6, 6.07) is 6.97. The standard InChI is InChI=1S/C13H22N2O2S/c1-4-6-11(2)15-18(16,17)13-8-5-7-12(9-13)10-14-3/h5,7-9,11,14-15H,4,6,10H2,1-3H3. The highest BCUT2D eigenvalue weighted by molar-refractivity contribution is 7.89. The maximum absolute atomic E-state index is 12.1. The van der Waals surface area contributed by atoms with E-state index in [-0.39, 0.29) is 6.04 Å². The van der Waals surface area contributed by atoms with Gasteiger partial charge in [-0.15, -0.1) is 0 Å². The van der Waals surface area contributed by atoms with Crippen molar-refractivity contribution in [1.82, 2.24) is 10.0 Å². The highest BCUT2D eigenvalue weighted by Crippen LogP contribution is 2.12. The van der Waals surface area contributed by atoms with Crippen LogP contribution in [0.4, 0.5) is 0 Å². The Kier molecular flexibility index (Phi) is 5.78. The Morgan fingerprint density at radius 1 is 1.33 bits per heavy atom. The van der Waals surface area contributed by atoms with Crippen LogP contribution in [0, 0.1) is 0 Å². The summed E-state index contributed by atoms with van der Waals surface area (Å²) in [5.41, 5.74) is 0.962. The Morgan fingerprint density at radius 2 is 2.06 bits per heavy atom. The molecule has 1 rings (SSSR count). The van der Waals surface area contributed by atoms with Gasteiger partial charge in [0.1, 0.15) is 0 Å². The summed E-state index contributed by atoms with van der Waals surface area (Å²) in [7, 11) is -1.56. The van der Waals surface area contributed by atoms with E-state index < -0.39 is 10.0 Å². The van der Waals surface area contributed by atoms with Crippen molar-refractivity contribution in [1.29, 1.82) is 0 Å². The molecule has 5 heteroatoms. The van der Waals surface area contributed by atoms with Crippen molar-refractivity contribution < 1.29 is 8.42 Å². The van der Waals surface area contributed by atoms with Crippen LogP contribution < -0.4 is 10.0 Å². The maximum atomic E-state index is 12.1. The average molecular weight is 270 g/mol. The molecule has 1 aromatic rings. The van der Waals surface area contributed by atoms with Crippen LogP contribution in [0.1, 0.15) is 32.3 Å². The molecule has 18 heavy (non-hydrogen) atoms. The van der Waals surface area contributed by atoms with E-state index in [0.717, 1.165) is 18.4 Å². The fourth-order valence-corrected chi connectivity index (χ4v) is 3.20. The van der Waals surface area contributed by atoms with Crippen LogP contribution in [0.2, 0.25) is 0 Å². The van der Waals surface area contributed by atoms with E-state index >= 15 is 0 Å². The maximum Gasteiger partial charge on any atom is 0.240 e. The Balaban J connectivity index is 2.87. The molecule has 0 saturated heterocycles. The first-order valence-electron chi connectivity index (χ1n) is 6.25. The van der Waals surface area contributed by atoms with Crippen LogP contribution in [-0.4, -0.2) is 21.5 Å². The first-order valence-corrected chi connectivity index (χ1v) is 7.73. The Hall–Kier alpha value is -0.910. The van der Waals surface area contributed by atoms with E-state index in [9.17, 15) is 8.42 Å². The molecule has 0 aliphatic carbocycles. The molecule has 1 unspecified atom stereocenters. The molecule has 0 radical (unpaired) electrons. The molecular formula is C13H22N2O2S. The van der Waals surface area contributed by atoms with Gasteiger partial charge in [0, 0.05) is 12.6 Å². The SMILES string of the molecule is CCCC(C)NS(=O)(=O)c1cccc(CNC)c1. The van der Waals surface area contributed by atoms with Crippen molar-refractivity contribution >= 4 is 10.0 Å². The van der Waals surface area contributed by atoms with Gasteiger partial charge < -0.3 is 5.32 Å². The molecule has 102 valence electrons. The first kappa shape index (κ1) is 15.1. The lowest BCUT2D eigenvalue weighted by Gasteiger charge is -2.13. The second-order valence-corrected chi connectivity index (χ2v) is 6.20. The van der Waals surface area contributed by atoms with Gasteiger partial charge >= 0.3 is 0 Å². The number of nitrogens with one attached hydrogen (secondary N) is 2. The molecule has 1 aromatic carbocycles. The lowest BCUT2D eigenvalue weighted by atomic mass is 10.2. The highest BCUT2D eigenvalue weighted by Gasteiger charge is 2.16. The van der Waals surface area contributed by atoms with E-state index in [1.807, 2.05) is 27.0 Å². The Morgan fingerprint density at radius 3 is 2.67 bits per heavy atom. The van der Waals surface area contributed by atoms with Crippen LogP contribution in [0.25, 0.3) is 0 Å². The summed E-state index contributed by atoms with van der Waals surface area (Å²) in [6.45, 7) is 4.59. The van der Waals surface area contributed by atoms with Gasteiger partial charge in [-0.25, -0.2) is 13.1 Å².